The van der Waals surface area contributed by atoms with Crippen LogP contribution in [0.4, 0.5) is 0 Å². The predicted octanol–water partition coefficient (Wildman–Crippen LogP) is 1.44. The Morgan fingerprint density at radius 2 is 2.36 bits per heavy atom. The summed E-state index contributed by atoms with van der Waals surface area (Å²) in [5.74, 6) is -0.503. The largest absolute Gasteiger partial charge is 0.462 e. The Bertz CT molecular complexity index is 394. The Morgan fingerprint density at radius 3 is 2.93 bits per heavy atom. The van der Waals surface area contributed by atoms with E-state index >= 15 is 0 Å². The van der Waals surface area contributed by atoms with Crippen LogP contribution >= 0.6 is 0 Å². The number of carbonyl (C=O) groups is 1. The van der Waals surface area contributed by atoms with E-state index in [1.807, 2.05) is 6.07 Å². The van der Waals surface area contributed by atoms with Crippen LogP contribution in [0, 0.1) is 18.3 Å². The van der Waals surface area contributed by atoms with Crippen LogP contribution in [0.1, 0.15) is 28.7 Å². The normalized spacial score (nSPS) is 9.21. The van der Waals surface area contributed by atoms with Crippen molar-refractivity contribution in [3.8, 4) is 6.07 Å². The monoisotopic (exact) mass is 190 g/mol. The number of aromatic nitrogens is 1. The lowest BCUT2D eigenvalue weighted by molar-refractivity contribution is 0.0525. The molecule has 0 atom stereocenters. The summed E-state index contributed by atoms with van der Waals surface area (Å²) < 4.78 is 4.78. The van der Waals surface area contributed by atoms with E-state index in [0.29, 0.717) is 5.69 Å². The minimum Gasteiger partial charge on any atom is -0.462 e. The van der Waals surface area contributed by atoms with Gasteiger partial charge in [0.2, 0.25) is 0 Å². The molecule has 1 heterocycles. The SMILES string of the molecule is CCOC(=O)c1ccc(C)nc1C#N. The topological polar surface area (TPSA) is 63.0 Å². The van der Waals surface area contributed by atoms with Crippen LogP contribution in [0.3, 0.4) is 0 Å². The number of ether oxygens (including phenoxy) is 1. The van der Waals surface area contributed by atoms with Crippen LogP contribution in [0.15, 0.2) is 12.1 Å². The Morgan fingerprint density at radius 1 is 1.64 bits per heavy atom. The van der Waals surface area contributed by atoms with Crippen LogP contribution in [0.25, 0.3) is 0 Å². The van der Waals surface area contributed by atoms with E-state index in [9.17, 15) is 4.79 Å². The van der Waals surface area contributed by atoms with E-state index in [-0.39, 0.29) is 17.9 Å². The van der Waals surface area contributed by atoms with Crippen LogP contribution in [-0.4, -0.2) is 17.6 Å². The lowest BCUT2D eigenvalue weighted by atomic mass is 10.2. The first-order chi connectivity index (χ1) is 6.69. The first-order valence-electron chi connectivity index (χ1n) is 4.24. The van der Waals surface area contributed by atoms with Crippen molar-refractivity contribution in [1.29, 1.82) is 5.26 Å². The summed E-state index contributed by atoms with van der Waals surface area (Å²) in [5.41, 5.74) is 1.04. The first kappa shape index (κ1) is 10.2. The van der Waals surface area contributed by atoms with Crippen LogP contribution < -0.4 is 0 Å². The van der Waals surface area contributed by atoms with Crippen LogP contribution in [-0.2, 0) is 4.74 Å². The third-order valence-electron chi connectivity index (χ3n) is 1.64. The van der Waals surface area contributed by atoms with Crippen molar-refractivity contribution < 1.29 is 9.53 Å². The molecule has 0 aliphatic carbocycles. The Kier molecular flexibility index (Phi) is 3.19. The summed E-state index contributed by atoms with van der Waals surface area (Å²) in [7, 11) is 0. The number of rotatable bonds is 2. The zero-order chi connectivity index (χ0) is 10.6. The smallest absolute Gasteiger partial charge is 0.341 e. The highest BCUT2D eigenvalue weighted by molar-refractivity contribution is 5.91. The van der Waals surface area contributed by atoms with Crippen molar-refractivity contribution in [3.05, 3.63) is 29.1 Å². The second kappa shape index (κ2) is 4.38. The van der Waals surface area contributed by atoms with Crippen molar-refractivity contribution >= 4 is 5.97 Å². The molecule has 4 nitrogen and oxygen atoms in total. The van der Waals surface area contributed by atoms with E-state index in [1.165, 1.54) is 0 Å². The molecule has 0 fully saturated rings. The van der Waals surface area contributed by atoms with E-state index in [0.717, 1.165) is 0 Å². The highest BCUT2D eigenvalue weighted by Gasteiger charge is 2.13. The fraction of sp³-hybridized carbons (Fsp3) is 0.300. The van der Waals surface area contributed by atoms with Gasteiger partial charge in [0.25, 0.3) is 0 Å². The lowest BCUT2D eigenvalue weighted by Gasteiger charge is -2.03. The minimum atomic E-state index is -0.503. The van der Waals surface area contributed by atoms with Gasteiger partial charge >= 0.3 is 5.97 Å². The number of hydrogen-bond donors (Lipinski definition) is 0. The van der Waals surface area contributed by atoms with Crippen LogP contribution in [0.2, 0.25) is 0 Å². The number of nitriles is 1. The number of hydrogen-bond acceptors (Lipinski definition) is 4. The molecule has 72 valence electrons. The Balaban J connectivity index is 3.09. The maximum Gasteiger partial charge on any atom is 0.341 e. The van der Waals surface area contributed by atoms with Gasteiger partial charge in [-0.05, 0) is 26.0 Å². The number of esters is 1. The van der Waals surface area contributed by atoms with Gasteiger partial charge in [-0.15, -0.1) is 0 Å². The molecule has 1 aromatic rings. The quantitative estimate of drug-likeness (QED) is 0.662. The maximum absolute atomic E-state index is 11.3. The van der Waals surface area contributed by atoms with Gasteiger partial charge in [-0.3, -0.25) is 0 Å². The zero-order valence-electron chi connectivity index (χ0n) is 8.07. The standard InChI is InChI=1S/C10H10N2O2/c1-3-14-10(13)8-5-4-7(2)12-9(8)6-11/h4-5H,3H2,1-2H3. The van der Waals surface area contributed by atoms with Gasteiger partial charge in [-0.25, -0.2) is 9.78 Å². The number of aryl methyl sites for hydroxylation is 1. The zero-order valence-corrected chi connectivity index (χ0v) is 8.07. The maximum atomic E-state index is 11.3. The molecule has 0 N–H and O–H groups in total. The second-order valence-corrected chi connectivity index (χ2v) is 2.68. The molecule has 0 aromatic carbocycles. The summed E-state index contributed by atoms with van der Waals surface area (Å²) >= 11 is 0. The summed E-state index contributed by atoms with van der Waals surface area (Å²) in [4.78, 5) is 15.3. The molecule has 0 spiro atoms. The summed E-state index contributed by atoms with van der Waals surface area (Å²) in [5, 5.41) is 8.74. The van der Waals surface area contributed by atoms with E-state index in [1.54, 1.807) is 26.0 Å². The number of pyridine rings is 1. The third kappa shape index (κ3) is 2.07. The minimum absolute atomic E-state index is 0.114. The highest BCUT2D eigenvalue weighted by Crippen LogP contribution is 2.08. The molecule has 14 heavy (non-hydrogen) atoms. The fourth-order valence-corrected chi connectivity index (χ4v) is 1.02. The molecular formula is C10H10N2O2. The third-order valence-corrected chi connectivity index (χ3v) is 1.64. The average Bonchev–Trinajstić information content (AvgIpc) is 2.17. The molecule has 4 heteroatoms. The molecule has 0 bridgehead atoms. The molecule has 0 radical (unpaired) electrons. The van der Waals surface area contributed by atoms with Gasteiger partial charge in [0.05, 0.1) is 12.2 Å². The van der Waals surface area contributed by atoms with Gasteiger partial charge in [-0.2, -0.15) is 5.26 Å². The summed E-state index contributed by atoms with van der Waals surface area (Å²) in [6.07, 6.45) is 0. The Hall–Kier alpha value is -1.89. The van der Waals surface area contributed by atoms with Crippen molar-refractivity contribution in [1.82, 2.24) is 4.98 Å². The van der Waals surface area contributed by atoms with Gasteiger partial charge in [0.1, 0.15) is 6.07 Å². The molecular weight excluding hydrogens is 180 g/mol. The molecule has 0 aliphatic heterocycles. The Labute approximate surface area is 82.1 Å². The summed E-state index contributed by atoms with van der Waals surface area (Å²) in [6, 6.07) is 5.09. The molecule has 1 rings (SSSR count). The van der Waals surface area contributed by atoms with Crippen molar-refractivity contribution in [2.75, 3.05) is 6.61 Å². The molecule has 0 saturated heterocycles. The molecule has 0 amide bonds. The fourth-order valence-electron chi connectivity index (χ4n) is 1.02. The first-order valence-corrected chi connectivity index (χ1v) is 4.24. The van der Waals surface area contributed by atoms with Gasteiger partial charge < -0.3 is 4.74 Å². The number of carbonyl (C=O) groups excluding carboxylic acids is 1. The lowest BCUT2D eigenvalue weighted by Crippen LogP contribution is -2.08. The second-order valence-electron chi connectivity index (χ2n) is 2.68. The van der Waals surface area contributed by atoms with E-state index in [4.69, 9.17) is 10.00 Å². The average molecular weight is 190 g/mol. The molecule has 0 aliphatic rings. The van der Waals surface area contributed by atoms with Crippen molar-refractivity contribution in [2.24, 2.45) is 0 Å². The van der Waals surface area contributed by atoms with Gasteiger partial charge in [0, 0.05) is 5.69 Å². The number of nitrogens with zero attached hydrogens (tertiary/aromatic N) is 2. The predicted molar refractivity (Wildman–Crippen MR) is 49.6 cm³/mol. The molecule has 0 saturated carbocycles. The molecule has 1 aromatic heterocycles. The van der Waals surface area contributed by atoms with E-state index in [2.05, 4.69) is 4.98 Å². The van der Waals surface area contributed by atoms with Crippen molar-refractivity contribution in [2.45, 2.75) is 13.8 Å². The van der Waals surface area contributed by atoms with Crippen molar-refractivity contribution in [3.63, 3.8) is 0 Å². The highest BCUT2D eigenvalue weighted by atomic mass is 16.5. The summed E-state index contributed by atoms with van der Waals surface area (Å²) in [6.45, 7) is 3.76. The van der Waals surface area contributed by atoms with Gasteiger partial charge in [-0.1, -0.05) is 0 Å². The van der Waals surface area contributed by atoms with Crippen LogP contribution in [0.5, 0.6) is 0 Å². The van der Waals surface area contributed by atoms with E-state index < -0.39 is 5.97 Å². The van der Waals surface area contributed by atoms with Gasteiger partial charge in [0.15, 0.2) is 5.69 Å². The molecule has 0 unspecified atom stereocenters.